The number of hydrogen-bond acceptors (Lipinski definition) is 2. The lowest BCUT2D eigenvalue weighted by atomic mass is 10.2. The highest BCUT2D eigenvalue weighted by Crippen LogP contribution is 2.23. The fourth-order valence-electron chi connectivity index (χ4n) is 1.59. The fourth-order valence-corrected chi connectivity index (χ4v) is 1.59. The van der Waals surface area contributed by atoms with E-state index in [-0.39, 0.29) is 11.3 Å². The Labute approximate surface area is 121 Å². The lowest BCUT2D eigenvalue weighted by Gasteiger charge is -2.09. The standard InChI is InChI=1S/C14H8F5NO2/c15-11-6-3-9(7-12(11)16)20-13(21)8-1-4-10(5-2-8)22-14(17,18)19/h1-7H,(H,20,21). The van der Waals surface area contributed by atoms with Crippen LogP contribution in [0.2, 0.25) is 0 Å². The van der Waals surface area contributed by atoms with Gasteiger partial charge in [0.2, 0.25) is 0 Å². The van der Waals surface area contributed by atoms with Crippen molar-refractivity contribution in [2.24, 2.45) is 0 Å². The van der Waals surface area contributed by atoms with Crippen molar-refractivity contribution in [1.29, 1.82) is 0 Å². The van der Waals surface area contributed by atoms with E-state index in [0.29, 0.717) is 0 Å². The van der Waals surface area contributed by atoms with E-state index >= 15 is 0 Å². The summed E-state index contributed by atoms with van der Waals surface area (Å²) >= 11 is 0. The topological polar surface area (TPSA) is 38.3 Å². The molecule has 0 fully saturated rings. The van der Waals surface area contributed by atoms with Gasteiger partial charge in [-0.15, -0.1) is 13.2 Å². The van der Waals surface area contributed by atoms with Gasteiger partial charge in [-0.25, -0.2) is 8.78 Å². The summed E-state index contributed by atoms with van der Waals surface area (Å²) in [6.45, 7) is 0. The molecule has 0 aliphatic carbocycles. The Bertz CT molecular complexity index is 683. The lowest BCUT2D eigenvalue weighted by Crippen LogP contribution is -2.17. The van der Waals surface area contributed by atoms with Crippen LogP contribution in [0.1, 0.15) is 10.4 Å². The molecular formula is C14H8F5NO2. The molecule has 2 aromatic rings. The van der Waals surface area contributed by atoms with Gasteiger partial charge >= 0.3 is 6.36 Å². The average Bonchev–Trinajstić information content (AvgIpc) is 2.42. The normalized spacial score (nSPS) is 11.1. The Morgan fingerprint density at radius 1 is 0.955 bits per heavy atom. The van der Waals surface area contributed by atoms with Crippen molar-refractivity contribution in [2.75, 3.05) is 5.32 Å². The van der Waals surface area contributed by atoms with Crippen LogP contribution in [0.5, 0.6) is 5.75 Å². The first-order chi connectivity index (χ1) is 10.2. The molecule has 0 saturated carbocycles. The summed E-state index contributed by atoms with van der Waals surface area (Å²) < 4.78 is 65.4. The van der Waals surface area contributed by atoms with Gasteiger partial charge in [0.05, 0.1) is 0 Å². The van der Waals surface area contributed by atoms with Gasteiger partial charge in [0.25, 0.3) is 5.91 Å². The van der Waals surface area contributed by atoms with Gasteiger partial charge in [0.1, 0.15) is 5.75 Å². The lowest BCUT2D eigenvalue weighted by molar-refractivity contribution is -0.274. The van der Waals surface area contributed by atoms with Crippen molar-refractivity contribution in [3.63, 3.8) is 0 Å². The van der Waals surface area contributed by atoms with Gasteiger partial charge in [-0.1, -0.05) is 0 Å². The molecule has 116 valence electrons. The number of amides is 1. The summed E-state index contributed by atoms with van der Waals surface area (Å²) in [4.78, 5) is 11.8. The number of carbonyl (C=O) groups is 1. The van der Waals surface area contributed by atoms with Crippen LogP contribution in [0.15, 0.2) is 42.5 Å². The van der Waals surface area contributed by atoms with Crippen molar-refractivity contribution in [1.82, 2.24) is 0 Å². The quantitative estimate of drug-likeness (QED) is 0.865. The zero-order chi connectivity index (χ0) is 16.3. The maximum absolute atomic E-state index is 13.0. The Kier molecular flexibility index (Phi) is 4.30. The number of alkyl halides is 3. The fraction of sp³-hybridized carbons (Fsp3) is 0.0714. The molecule has 0 bridgehead atoms. The Hall–Kier alpha value is -2.64. The highest BCUT2D eigenvalue weighted by atomic mass is 19.4. The smallest absolute Gasteiger partial charge is 0.406 e. The maximum Gasteiger partial charge on any atom is 0.573 e. The molecule has 0 heterocycles. The molecule has 1 N–H and O–H groups in total. The van der Waals surface area contributed by atoms with Crippen LogP contribution in [-0.4, -0.2) is 12.3 Å². The van der Waals surface area contributed by atoms with Crippen molar-refractivity contribution >= 4 is 11.6 Å². The van der Waals surface area contributed by atoms with Crippen LogP contribution < -0.4 is 10.1 Å². The second-order valence-corrected chi connectivity index (χ2v) is 4.16. The first-order valence-corrected chi connectivity index (χ1v) is 5.87. The predicted octanol–water partition coefficient (Wildman–Crippen LogP) is 4.12. The molecule has 0 radical (unpaired) electrons. The van der Waals surface area contributed by atoms with Gasteiger partial charge < -0.3 is 10.1 Å². The van der Waals surface area contributed by atoms with E-state index in [1.807, 2.05) is 0 Å². The van der Waals surface area contributed by atoms with Crippen LogP contribution in [-0.2, 0) is 0 Å². The highest BCUT2D eigenvalue weighted by Gasteiger charge is 2.31. The predicted molar refractivity (Wildman–Crippen MR) is 67.4 cm³/mol. The summed E-state index contributed by atoms with van der Waals surface area (Å²) in [7, 11) is 0. The Morgan fingerprint density at radius 3 is 2.14 bits per heavy atom. The van der Waals surface area contributed by atoms with Crippen molar-refractivity contribution in [2.45, 2.75) is 6.36 Å². The Morgan fingerprint density at radius 2 is 1.59 bits per heavy atom. The molecule has 2 rings (SSSR count). The van der Waals surface area contributed by atoms with Crippen molar-refractivity contribution < 1.29 is 31.5 Å². The molecule has 22 heavy (non-hydrogen) atoms. The number of anilines is 1. The van der Waals surface area contributed by atoms with E-state index in [9.17, 15) is 26.7 Å². The van der Waals surface area contributed by atoms with Gasteiger partial charge in [-0.3, -0.25) is 4.79 Å². The molecule has 0 aliphatic heterocycles. The van der Waals surface area contributed by atoms with E-state index in [1.54, 1.807) is 0 Å². The molecule has 0 aliphatic rings. The Balaban J connectivity index is 2.08. The minimum Gasteiger partial charge on any atom is -0.406 e. The van der Waals surface area contributed by atoms with E-state index in [2.05, 4.69) is 10.1 Å². The second-order valence-electron chi connectivity index (χ2n) is 4.16. The molecule has 0 unspecified atom stereocenters. The average molecular weight is 317 g/mol. The molecule has 0 saturated heterocycles. The summed E-state index contributed by atoms with van der Waals surface area (Å²) in [5.41, 5.74) is 0.0405. The molecule has 0 atom stereocenters. The molecule has 2 aromatic carbocycles. The number of ether oxygens (including phenoxy) is 1. The number of hydrogen-bond donors (Lipinski definition) is 1. The molecule has 0 spiro atoms. The number of benzene rings is 2. The number of rotatable bonds is 3. The van der Waals surface area contributed by atoms with Crippen LogP contribution in [0.25, 0.3) is 0 Å². The molecule has 3 nitrogen and oxygen atoms in total. The van der Waals surface area contributed by atoms with Gasteiger partial charge in [0, 0.05) is 17.3 Å². The zero-order valence-electron chi connectivity index (χ0n) is 10.7. The number of nitrogens with one attached hydrogen (secondary N) is 1. The third kappa shape index (κ3) is 4.18. The monoisotopic (exact) mass is 317 g/mol. The van der Waals surface area contributed by atoms with Gasteiger partial charge in [-0.2, -0.15) is 0 Å². The minimum atomic E-state index is -4.82. The van der Waals surface area contributed by atoms with Gasteiger partial charge in [-0.05, 0) is 36.4 Å². The van der Waals surface area contributed by atoms with Crippen LogP contribution in [0, 0.1) is 11.6 Å². The summed E-state index contributed by atoms with van der Waals surface area (Å²) in [6.07, 6.45) is -4.82. The van der Waals surface area contributed by atoms with Crippen molar-refractivity contribution in [3.05, 3.63) is 59.7 Å². The molecular weight excluding hydrogens is 309 g/mol. The third-order valence-electron chi connectivity index (χ3n) is 2.53. The minimum absolute atomic E-state index is 0.0134. The van der Waals surface area contributed by atoms with Crippen LogP contribution in [0.4, 0.5) is 27.6 Å². The molecule has 1 amide bonds. The SMILES string of the molecule is O=C(Nc1ccc(F)c(F)c1)c1ccc(OC(F)(F)F)cc1. The van der Waals surface area contributed by atoms with E-state index < -0.39 is 29.7 Å². The summed E-state index contributed by atoms with van der Waals surface area (Å²) in [5, 5.41) is 2.29. The van der Waals surface area contributed by atoms with Crippen molar-refractivity contribution in [3.8, 4) is 5.75 Å². The second kappa shape index (κ2) is 6.00. The van der Waals surface area contributed by atoms with Gasteiger partial charge in [0.15, 0.2) is 11.6 Å². The van der Waals surface area contributed by atoms with Crippen LogP contribution >= 0.6 is 0 Å². The molecule has 8 heteroatoms. The maximum atomic E-state index is 13.0. The first-order valence-electron chi connectivity index (χ1n) is 5.87. The number of halogens is 5. The summed E-state index contributed by atoms with van der Waals surface area (Å²) in [5.74, 6) is -3.36. The first kappa shape index (κ1) is 15.7. The highest BCUT2D eigenvalue weighted by molar-refractivity contribution is 6.04. The van der Waals surface area contributed by atoms with E-state index in [1.165, 1.54) is 0 Å². The largest absolute Gasteiger partial charge is 0.573 e. The molecule has 0 aromatic heterocycles. The van der Waals surface area contributed by atoms with E-state index in [0.717, 1.165) is 42.5 Å². The van der Waals surface area contributed by atoms with Crippen LogP contribution in [0.3, 0.4) is 0 Å². The van der Waals surface area contributed by atoms with E-state index in [4.69, 9.17) is 0 Å². The zero-order valence-corrected chi connectivity index (χ0v) is 10.7. The summed E-state index contributed by atoms with van der Waals surface area (Å²) in [6, 6.07) is 6.92. The number of carbonyl (C=O) groups excluding carboxylic acids is 1. The third-order valence-corrected chi connectivity index (χ3v) is 2.53.